The van der Waals surface area contributed by atoms with E-state index in [1.54, 1.807) is 0 Å². The van der Waals surface area contributed by atoms with Crippen molar-refractivity contribution >= 4 is 11.9 Å². The molecule has 1 aromatic carbocycles. The number of carboxylic acid groups (broad SMARTS) is 1. The molecule has 108 valence electrons. The van der Waals surface area contributed by atoms with Gasteiger partial charge in [-0.25, -0.2) is 0 Å². The minimum absolute atomic E-state index is 0.0201. The number of amides is 1. The Balaban J connectivity index is 1.81. The van der Waals surface area contributed by atoms with Crippen LogP contribution in [0.2, 0.25) is 0 Å². The molecule has 1 aromatic rings. The molecule has 2 atom stereocenters. The van der Waals surface area contributed by atoms with Gasteiger partial charge < -0.3 is 10.4 Å². The molecule has 0 saturated heterocycles. The average molecular weight is 275 g/mol. The first-order valence-electron chi connectivity index (χ1n) is 7.18. The molecule has 0 aliphatic heterocycles. The predicted molar refractivity (Wildman–Crippen MR) is 76.1 cm³/mol. The molecule has 1 amide bonds. The second-order valence-electron chi connectivity index (χ2n) is 5.43. The Bertz CT molecular complexity index is 481. The van der Waals surface area contributed by atoms with Gasteiger partial charge in [-0.3, -0.25) is 9.59 Å². The zero-order valence-corrected chi connectivity index (χ0v) is 11.8. The molecular weight excluding hydrogens is 254 g/mol. The third-order valence-corrected chi connectivity index (χ3v) is 4.05. The lowest BCUT2D eigenvalue weighted by atomic mass is 10.0. The summed E-state index contributed by atoms with van der Waals surface area (Å²) in [6.45, 7) is 2.62. The van der Waals surface area contributed by atoms with Gasteiger partial charge in [-0.05, 0) is 36.8 Å². The van der Waals surface area contributed by atoms with Gasteiger partial charge >= 0.3 is 5.97 Å². The Hall–Kier alpha value is -1.84. The molecule has 0 spiro atoms. The van der Waals surface area contributed by atoms with E-state index in [1.807, 2.05) is 12.1 Å². The van der Waals surface area contributed by atoms with Gasteiger partial charge in [0.15, 0.2) is 0 Å². The molecule has 0 aromatic heterocycles. The highest BCUT2D eigenvalue weighted by Crippen LogP contribution is 2.31. The van der Waals surface area contributed by atoms with Crippen molar-refractivity contribution < 1.29 is 14.7 Å². The monoisotopic (exact) mass is 275 g/mol. The van der Waals surface area contributed by atoms with Crippen LogP contribution < -0.4 is 5.32 Å². The quantitative estimate of drug-likeness (QED) is 0.867. The highest BCUT2D eigenvalue weighted by atomic mass is 16.4. The Labute approximate surface area is 119 Å². The lowest BCUT2D eigenvalue weighted by molar-refractivity contribution is -0.141. The summed E-state index contributed by atoms with van der Waals surface area (Å²) in [5, 5.41) is 11.8. The molecule has 1 aliphatic carbocycles. The number of aryl methyl sites for hydroxylation is 1. The maximum atomic E-state index is 12.0. The zero-order chi connectivity index (χ0) is 14.5. The van der Waals surface area contributed by atoms with Crippen molar-refractivity contribution in [2.24, 2.45) is 11.8 Å². The fourth-order valence-electron chi connectivity index (χ4n) is 2.67. The first-order chi connectivity index (χ1) is 9.60. The van der Waals surface area contributed by atoms with Gasteiger partial charge in [-0.2, -0.15) is 0 Å². The summed E-state index contributed by atoms with van der Waals surface area (Å²) in [7, 11) is 0. The van der Waals surface area contributed by atoms with Gasteiger partial charge in [0, 0.05) is 12.5 Å². The third-order valence-electron chi connectivity index (χ3n) is 4.05. The molecule has 1 aliphatic rings. The van der Waals surface area contributed by atoms with Crippen LogP contribution in [0.3, 0.4) is 0 Å². The highest BCUT2D eigenvalue weighted by molar-refractivity contribution is 5.80. The van der Waals surface area contributed by atoms with E-state index in [1.165, 1.54) is 5.56 Å². The van der Waals surface area contributed by atoms with Crippen LogP contribution >= 0.6 is 0 Å². The van der Waals surface area contributed by atoms with E-state index in [0.717, 1.165) is 12.0 Å². The fraction of sp³-hybridized carbons (Fsp3) is 0.500. The van der Waals surface area contributed by atoms with E-state index in [4.69, 9.17) is 5.11 Å². The molecule has 4 heteroatoms. The van der Waals surface area contributed by atoms with E-state index in [9.17, 15) is 9.59 Å². The molecule has 20 heavy (non-hydrogen) atoms. The lowest BCUT2D eigenvalue weighted by Gasteiger charge is -2.11. The minimum atomic E-state index is -0.782. The van der Waals surface area contributed by atoms with Crippen LogP contribution in [0, 0.1) is 11.8 Å². The number of benzene rings is 1. The van der Waals surface area contributed by atoms with Gasteiger partial charge in [-0.1, -0.05) is 31.2 Å². The summed E-state index contributed by atoms with van der Waals surface area (Å²) < 4.78 is 0. The molecule has 4 nitrogen and oxygen atoms in total. The molecule has 0 heterocycles. The third kappa shape index (κ3) is 3.59. The van der Waals surface area contributed by atoms with Crippen molar-refractivity contribution in [3.8, 4) is 0 Å². The molecule has 2 rings (SSSR count). The maximum Gasteiger partial charge on any atom is 0.306 e. The Morgan fingerprint density at radius 3 is 2.30 bits per heavy atom. The lowest BCUT2D eigenvalue weighted by Crippen LogP contribution is -2.29. The second kappa shape index (κ2) is 6.55. The summed E-state index contributed by atoms with van der Waals surface area (Å²) in [5.74, 6) is -1.30. The van der Waals surface area contributed by atoms with Crippen LogP contribution in [0.4, 0.5) is 0 Å². The molecule has 1 fully saturated rings. The zero-order valence-electron chi connectivity index (χ0n) is 11.8. The second-order valence-corrected chi connectivity index (χ2v) is 5.43. The topological polar surface area (TPSA) is 66.4 Å². The number of rotatable bonds is 5. The van der Waals surface area contributed by atoms with Crippen molar-refractivity contribution in [1.82, 2.24) is 5.32 Å². The van der Waals surface area contributed by atoms with E-state index < -0.39 is 5.97 Å². The first kappa shape index (κ1) is 14.6. The average Bonchev–Trinajstić information content (AvgIpc) is 2.95. The predicted octanol–water partition coefficient (Wildman–Crippen LogP) is 2.37. The number of carboxylic acids is 1. The first-order valence-corrected chi connectivity index (χ1v) is 7.18. The molecule has 0 bridgehead atoms. The van der Waals surface area contributed by atoms with E-state index >= 15 is 0 Å². The molecule has 1 saturated carbocycles. The smallest absolute Gasteiger partial charge is 0.306 e. The summed E-state index contributed by atoms with van der Waals surface area (Å²) in [6.07, 6.45) is 2.76. The van der Waals surface area contributed by atoms with Crippen molar-refractivity contribution in [1.29, 1.82) is 0 Å². The number of aliphatic carboxylic acids is 1. The van der Waals surface area contributed by atoms with Gasteiger partial charge in [0.25, 0.3) is 0 Å². The standard InChI is InChI=1S/C16H21NO3/c1-2-11-3-5-12(6-4-11)10-17-15(18)13-7-8-14(9-13)16(19)20/h3-6,13-14H,2,7-10H2,1H3,(H,17,18)(H,19,20). The van der Waals surface area contributed by atoms with Crippen LogP contribution in [0.15, 0.2) is 24.3 Å². The summed E-state index contributed by atoms with van der Waals surface area (Å²) in [6, 6.07) is 8.18. The number of carbonyl (C=O) groups excluding carboxylic acids is 1. The van der Waals surface area contributed by atoms with Gasteiger partial charge in [0.05, 0.1) is 5.92 Å². The molecule has 2 unspecified atom stereocenters. The van der Waals surface area contributed by atoms with Gasteiger partial charge in [-0.15, -0.1) is 0 Å². The normalized spacial score (nSPS) is 21.6. The number of hydrogen-bond acceptors (Lipinski definition) is 2. The van der Waals surface area contributed by atoms with Crippen LogP contribution in [0.5, 0.6) is 0 Å². The SMILES string of the molecule is CCc1ccc(CNC(=O)C2CCC(C(=O)O)C2)cc1. The van der Waals surface area contributed by atoms with E-state index in [2.05, 4.69) is 24.4 Å². The van der Waals surface area contributed by atoms with Crippen LogP contribution in [0.25, 0.3) is 0 Å². The Morgan fingerprint density at radius 2 is 1.75 bits per heavy atom. The van der Waals surface area contributed by atoms with E-state index in [0.29, 0.717) is 25.8 Å². The number of hydrogen-bond donors (Lipinski definition) is 2. The summed E-state index contributed by atoms with van der Waals surface area (Å²) >= 11 is 0. The number of carbonyl (C=O) groups is 2. The Kier molecular flexibility index (Phi) is 4.77. The van der Waals surface area contributed by atoms with Crippen LogP contribution in [-0.2, 0) is 22.6 Å². The molecular formula is C16H21NO3. The minimum Gasteiger partial charge on any atom is -0.481 e. The van der Waals surface area contributed by atoms with Crippen molar-refractivity contribution in [3.63, 3.8) is 0 Å². The Morgan fingerprint density at radius 1 is 1.15 bits per heavy atom. The van der Waals surface area contributed by atoms with Crippen LogP contribution in [0.1, 0.15) is 37.3 Å². The summed E-state index contributed by atoms with van der Waals surface area (Å²) in [4.78, 5) is 22.9. The fourth-order valence-corrected chi connectivity index (χ4v) is 2.67. The largest absolute Gasteiger partial charge is 0.481 e. The summed E-state index contributed by atoms with van der Waals surface area (Å²) in [5.41, 5.74) is 2.35. The van der Waals surface area contributed by atoms with Gasteiger partial charge in [0.2, 0.25) is 5.91 Å². The van der Waals surface area contributed by atoms with Crippen LogP contribution in [-0.4, -0.2) is 17.0 Å². The molecule has 2 N–H and O–H groups in total. The highest BCUT2D eigenvalue weighted by Gasteiger charge is 2.33. The van der Waals surface area contributed by atoms with Crippen molar-refractivity contribution in [2.45, 2.75) is 39.2 Å². The van der Waals surface area contributed by atoms with Crippen molar-refractivity contribution in [2.75, 3.05) is 0 Å². The molecule has 0 radical (unpaired) electrons. The van der Waals surface area contributed by atoms with Crippen molar-refractivity contribution in [3.05, 3.63) is 35.4 Å². The van der Waals surface area contributed by atoms with E-state index in [-0.39, 0.29) is 17.7 Å². The van der Waals surface area contributed by atoms with Gasteiger partial charge in [0.1, 0.15) is 0 Å². The maximum absolute atomic E-state index is 12.0. The number of nitrogens with one attached hydrogen (secondary N) is 1.